The van der Waals surface area contributed by atoms with Crippen LogP contribution in [0.15, 0.2) is 30.5 Å². The number of aromatic nitrogens is 2. The lowest BCUT2D eigenvalue weighted by Crippen LogP contribution is -1.88. The Morgan fingerprint density at radius 2 is 1.88 bits per heavy atom. The lowest BCUT2D eigenvalue weighted by Gasteiger charge is -2.02. The quantitative estimate of drug-likeness (QED) is 0.825. The van der Waals surface area contributed by atoms with Crippen LogP contribution in [0.4, 0.5) is 5.69 Å². The van der Waals surface area contributed by atoms with Crippen LogP contribution in [0.3, 0.4) is 0 Å². The normalized spacial score (nSPS) is 10.8. The Hall–Kier alpha value is -1.77. The molecule has 2 N–H and O–H groups in total. The van der Waals surface area contributed by atoms with E-state index in [0.717, 1.165) is 17.1 Å². The number of nitrogens with zero attached hydrogens (tertiary/aromatic N) is 1. The van der Waals surface area contributed by atoms with Crippen molar-refractivity contribution in [3.63, 3.8) is 0 Å². The van der Waals surface area contributed by atoms with Gasteiger partial charge in [0.2, 0.25) is 0 Å². The first kappa shape index (κ1) is 10.7. The fraction of sp³-hybridized carbons (Fsp3) is 0.308. The van der Waals surface area contributed by atoms with E-state index < -0.39 is 0 Å². The summed E-state index contributed by atoms with van der Waals surface area (Å²) in [5, 5.41) is 3.10. The molecule has 0 aliphatic heterocycles. The topological polar surface area (TPSA) is 40.7 Å². The molecule has 0 saturated carbocycles. The fourth-order valence-corrected chi connectivity index (χ4v) is 1.57. The molecule has 0 amide bonds. The third-order valence-corrected chi connectivity index (χ3v) is 2.66. The van der Waals surface area contributed by atoms with E-state index in [2.05, 4.69) is 41.3 Å². The van der Waals surface area contributed by atoms with Crippen LogP contribution in [0.5, 0.6) is 0 Å². The Labute approximate surface area is 95.9 Å². The summed E-state index contributed by atoms with van der Waals surface area (Å²) in [6.45, 7) is 4.31. The van der Waals surface area contributed by atoms with Crippen molar-refractivity contribution in [1.82, 2.24) is 9.97 Å². The Morgan fingerprint density at radius 3 is 2.38 bits per heavy atom. The maximum atomic E-state index is 4.39. The molecule has 16 heavy (non-hydrogen) atoms. The number of nitrogens with one attached hydrogen (secondary N) is 2. The predicted octanol–water partition coefficient (Wildman–Crippen LogP) is 3.24. The molecule has 0 saturated heterocycles. The first-order chi connectivity index (χ1) is 7.70. The van der Waals surface area contributed by atoms with Gasteiger partial charge >= 0.3 is 0 Å². The van der Waals surface area contributed by atoms with Crippen molar-refractivity contribution in [1.29, 1.82) is 0 Å². The summed E-state index contributed by atoms with van der Waals surface area (Å²) in [6, 6.07) is 8.23. The first-order valence-electron chi connectivity index (χ1n) is 5.54. The minimum atomic E-state index is 0.484. The Morgan fingerprint density at radius 1 is 1.19 bits per heavy atom. The Bertz CT molecular complexity index is 454. The molecule has 2 rings (SSSR count). The van der Waals surface area contributed by atoms with Gasteiger partial charge in [-0.1, -0.05) is 13.8 Å². The highest BCUT2D eigenvalue weighted by Gasteiger charge is 2.05. The molecule has 2 aromatic rings. The summed E-state index contributed by atoms with van der Waals surface area (Å²) in [7, 11) is 1.92. The number of aromatic amines is 1. The minimum Gasteiger partial charge on any atom is -0.388 e. The zero-order valence-corrected chi connectivity index (χ0v) is 9.91. The molecule has 0 radical (unpaired) electrons. The maximum Gasteiger partial charge on any atom is 0.137 e. The zero-order chi connectivity index (χ0) is 11.5. The van der Waals surface area contributed by atoms with Crippen molar-refractivity contribution in [2.75, 3.05) is 12.4 Å². The summed E-state index contributed by atoms with van der Waals surface area (Å²) in [5.41, 5.74) is 3.40. The lowest BCUT2D eigenvalue weighted by atomic mass is 10.1. The largest absolute Gasteiger partial charge is 0.388 e. The molecular formula is C13H17N3. The molecule has 0 aliphatic carbocycles. The van der Waals surface area contributed by atoms with Gasteiger partial charge in [-0.25, -0.2) is 4.98 Å². The number of rotatable bonds is 3. The van der Waals surface area contributed by atoms with E-state index in [1.165, 1.54) is 5.69 Å². The van der Waals surface area contributed by atoms with Crippen molar-refractivity contribution >= 4 is 5.69 Å². The van der Waals surface area contributed by atoms with Crippen LogP contribution in [0.25, 0.3) is 11.4 Å². The van der Waals surface area contributed by atoms with Crippen LogP contribution in [-0.2, 0) is 0 Å². The molecular weight excluding hydrogens is 198 g/mol. The number of hydrogen-bond donors (Lipinski definition) is 2. The highest BCUT2D eigenvalue weighted by atomic mass is 14.9. The Kier molecular flexibility index (Phi) is 2.95. The SMILES string of the molecule is CNc1ccc(-c2ncc(C(C)C)[nH]2)cc1. The second-order valence-corrected chi connectivity index (χ2v) is 4.17. The van der Waals surface area contributed by atoms with Crippen molar-refractivity contribution < 1.29 is 0 Å². The maximum absolute atomic E-state index is 4.39. The average Bonchev–Trinajstić information content (AvgIpc) is 2.78. The van der Waals surface area contributed by atoms with Gasteiger partial charge in [-0.3, -0.25) is 0 Å². The van der Waals surface area contributed by atoms with Gasteiger partial charge in [-0.2, -0.15) is 0 Å². The number of anilines is 1. The highest BCUT2D eigenvalue weighted by Crippen LogP contribution is 2.20. The standard InChI is InChI=1S/C13H17N3/c1-9(2)12-8-15-13(16-12)10-4-6-11(14-3)7-5-10/h4-9,14H,1-3H3,(H,15,16). The van der Waals surface area contributed by atoms with Gasteiger partial charge in [0.1, 0.15) is 5.82 Å². The fourth-order valence-electron chi connectivity index (χ4n) is 1.57. The van der Waals surface area contributed by atoms with E-state index in [1.54, 1.807) is 0 Å². The average molecular weight is 215 g/mol. The summed E-state index contributed by atoms with van der Waals surface area (Å²) in [5.74, 6) is 1.42. The van der Waals surface area contributed by atoms with Crippen molar-refractivity contribution in [2.24, 2.45) is 0 Å². The second-order valence-electron chi connectivity index (χ2n) is 4.17. The molecule has 0 unspecified atom stereocenters. The number of hydrogen-bond acceptors (Lipinski definition) is 2. The zero-order valence-electron chi connectivity index (χ0n) is 9.91. The van der Waals surface area contributed by atoms with Crippen LogP contribution in [0.2, 0.25) is 0 Å². The molecule has 1 heterocycles. The molecule has 1 aromatic carbocycles. The molecule has 0 aliphatic rings. The van der Waals surface area contributed by atoms with E-state index in [-0.39, 0.29) is 0 Å². The van der Waals surface area contributed by atoms with Crippen molar-refractivity contribution in [3.8, 4) is 11.4 Å². The molecule has 1 aromatic heterocycles. The van der Waals surface area contributed by atoms with Gasteiger partial charge in [-0.05, 0) is 30.2 Å². The van der Waals surface area contributed by atoms with Gasteiger partial charge in [0.15, 0.2) is 0 Å². The smallest absolute Gasteiger partial charge is 0.137 e. The van der Waals surface area contributed by atoms with E-state index in [9.17, 15) is 0 Å². The Balaban J connectivity index is 2.28. The van der Waals surface area contributed by atoms with Crippen molar-refractivity contribution in [2.45, 2.75) is 19.8 Å². The molecule has 0 spiro atoms. The van der Waals surface area contributed by atoms with E-state index >= 15 is 0 Å². The molecule has 3 nitrogen and oxygen atoms in total. The number of imidazole rings is 1. The third kappa shape index (κ3) is 2.08. The summed E-state index contributed by atoms with van der Waals surface area (Å²) in [4.78, 5) is 7.72. The summed E-state index contributed by atoms with van der Waals surface area (Å²) in [6.07, 6.45) is 1.91. The molecule has 0 bridgehead atoms. The molecule has 84 valence electrons. The molecule has 3 heteroatoms. The second kappa shape index (κ2) is 4.39. The third-order valence-electron chi connectivity index (χ3n) is 2.66. The number of benzene rings is 1. The van der Waals surface area contributed by atoms with E-state index in [0.29, 0.717) is 5.92 Å². The van der Waals surface area contributed by atoms with Crippen molar-refractivity contribution in [3.05, 3.63) is 36.2 Å². The van der Waals surface area contributed by atoms with Crippen LogP contribution < -0.4 is 5.32 Å². The lowest BCUT2D eigenvalue weighted by molar-refractivity contribution is 0.833. The first-order valence-corrected chi connectivity index (χ1v) is 5.54. The monoisotopic (exact) mass is 215 g/mol. The van der Waals surface area contributed by atoms with Crippen LogP contribution in [0.1, 0.15) is 25.5 Å². The van der Waals surface area contributed by atoms with Gasteiger partial charge in [0.25, 0.3) is 0 Å². The summed E-state index contributed by atoms with van der Waals surface area (Å²) >= 11 is 0. The summed E-state index contributed by atoms with van der Waals surface area (Å²) < 4.78 is 0. The van der Waals surface area contributed by atoms with E-state index in [4.69, 9.17) is 0 Å². The number of H-pyrrole nitrogens is 1. The van der Waals surface area contributed by atoms with Crippen LogP contribution in [-0.4, -0.2) is 17.0 Å². The molecule has 0 fully saturated rings. The van der Waals surface area contributed by atoms with Gasteiger partial charge in [0.05, 0.1) is 0 Å². The van der Waals surface area contributed by atoms with E-state index in [1.807, 2.05) is 25.4 Å². The van der Waals surface area contributed by atoms with Gasteiger partial charge in [-0.15, -0.1) is 0 Å². The van der Waals surface area contributed by atoms with Crippen LogP contribution >= 0.6 is 0 Å². The minimum absolute atomic E-state index is 0.484. The van der Waals surface area contributed by atoms with Gasteiger partial charge in [0, 0.05) is 30.2 Å². The highest BCUT2D eigenvalue weighted by molar-refractivity contribution is 5.59. The van der Waals surface area contributed by atoms with Gasteiger partial charge < -0.3 is 10.3 Å². The molecule has 0 atom stereocenters. The predicted molar refractivity (Wildman–Crippen MR) is 67.7 cm³/mol. The van der Waals surface area contributed by atoms with Crippen LogP contribution in [0, 0.1) is 0 Å².